The fourth-order valence-electron chi connectivity index (χ4n) is 3.83. The van der Waals surface area contributed by atoms with E-state index in [0.717, 1.165) is 35.7 Å². The summed E-state index contributed by atoms with van der Waals surface area (Å²) in [4.78, 5) is 32.0. The van der Waals surface area contributed by atoms with Crippen LogP contribution in [0.5, 0.6) is 0 Å². The first-order chi connectivity index (χ1) is 14.5. The average Bonchev–Trinajstić information content (AvgIpc) is 2.77. The molecule has 7 heteroatoms. The number of hydrogen-bond acceptors (Lipinski definition) is 5. The Morgan fingerprint density at radius 1 is 1.03 bits per heavy atom. The minimum atomic E-state index is -0.301. The van der Waals surface area contributed by atoms with Gasteiger partial charge in [-0.15, -0.1) is 0 Å². The predicted octanol–water partition coefficient (Wildman–Crippen LogP) is 3.81. The van der Waals surface area contributed by atoms with Gasteiger partial charge in [0.1, 0.15) is 11.5 Å². The summed E-state index contributed by atoms with van der Waals surface area (Å²) in [5, 5.41) is 8.61. The smallest absolute Gasteiger partial charge is 0.271 e. The number of aromatic nitrogens is 1. The second-order valence-electron chi connectivity index (χ2n) is 7.95. The van der Waals surface area contributed by atoms with Gasteiger partial charge in [0.25, 0.3) is 5.91 Å². The first-order valence-electron chi connectivity index (χ1n) is 10.5. The average molecular weight is 406 g/mol. The van der Waals surface area contributed by atoms with E-state index in [1.807, 2.05) is 44.2 Å². The molecule has 4 rings (SSSR count). The van der Waals surface area contributed by atoms with Gasteiger partial charge in [-0.3, -0.25) is 9.59 Å². The van der Waals surface area contributed by atoms with Crippen LogP contribution in [0.4, 0.5) is 17.2 Å². The number of nitrogens with one attached hydrogen (secondary N) is 1. The zero-order valence-electron chi connectivity index (χ0n) is 17.5. The van der Waals surface area contributed by atoms with E-state index < -0.39 is 0 Å². The highest BCUT2D eigenvalue weighted by atomic mass is 16.2. The summed E-state index contributed by atoms with van der Waals surface area (Å²) in [6.45, 7) is 5.95. The molecule has 2 amide bonds. The molecule has 0 aliphatic carbocycles. The maximum Gasteiger partial charge on any atom is 0.271 e. The number of piperidine rings is 1. The Labute approximate surface area is 176 Å². The Morgan fingerprint density at radius 3 is 2.57 bits per heavy atom. The molecule has 1 saturated heterocycles. The summed E-state index contributed by atoms with van der Waals surface area (Å²) in [7, 11) is 0. The van der Waals surface area contributed by atoms with Crippen molar-refractivity contribution in [2.75, 3.05) is 28.3 Å². The lowest BCUT2D eigenvalue weighted by Gasteiger charge is -2.27. The summed E-state index contributed by atoms with van der Waals surface area (Å²) < 4.78 is 0. The standard InChI is InChI=1S/C23H27N5O2/c1-16-6-7-17(2)20(14-16)28-22(29)11-9-19(26-28)23(30)25-18-8-10-21(24-15-18)27-12-4-3-5-13-27/h6-8,10,14-15H,3-5,9,11-13H2,1-2H3,(H,25,30). The highest BCUT2D eigenvalue weighted by Crippen LogP contribution is 2.26. The Hall–Kier alpha value is -3.22. The second-order valence-corrected chi connectivity index (χ2v) is 7.95. The number of carbonyl (C=O) groups excluding carboxylic acids is 2. The van der Waals surface area contributed by atoms with E-state index in [4.69, 9.17) is 0 Å². The van der Waals surface area contributed by atoms with Gasteiger partial charge in [-0.2, -0.15) is 5.10 Å². The highest BCUT2D eigenvalue weighted by molar-refractivity contribution is 6.44. The largest absolute Gasteiger partial charge is 0.357 e. The molecule has 1 N–H and O–H groups in total. The Bertz CT molecular complexity index is 978. The van der Waals surface area contributed by atoms with Crippen LogP contribution in [0.1, 0.15) is 43.2 Å². The molecule has 0 saturated carbocycles. The Balaban J connectivity index is 1.48. The molecule has 156 valence electrons. The summed E-state index contributed by atoms with van der Waals surface area (Å²) in [5.74, 6) is 0.535. The van der Waals surface area contributed by atoms with Crippen molar-refractivity contribution in [2.45, 2.75) is 46.0 Å². The number of hydrogen-bond donors (Lipinski definition) is 1. The van der Waals surface area contributed by atoms with Gasteiger partial charge in [0.2, 0.25) is 5.91 Å². The van der Waals surface area contributed by atoms with E-state index in [1.54, 1.807) is 6.20 Å². The molecule has 2 aliphatic heterocycles. The van der Waals surface area contributed by atoms with Crippen LogP contribution in [-0.2, 0) is 9.59 Å². The van der Waals surface area contributed by atoms with Crippen molar-refractivity contribution in [2.24, 2.45) is 5.10 Å². The molecule has 30 heavy (non-hydrogen) atoms. The SMILES string of the molecule is Cc1ccc(C)c(N2N=C(C(=O)Nc3ccc(N4CCCCC4)nc3)CCC2=O)c1. The maximum atomic E-state index is 12.8. The monoisotopic (exact) mass is 405 g/mol. The molecule has 0 radical (unpaired) electrons. The predicted molar refractivity (Wildman–Crippen MR) is 119 cm³/mol. The minimum Gasteiger partial charge on any atom is -0.357 e. The van der Waals surface area contributed by atoms with Crippen molar-refractivity contribution in [3.8, 4) is 0 Å². The second kappa shape index (κ2) is 8.65. The van der Waals surface area contributed by atoms with Crippen LogP contribution in [-0.4, -0.2) is 35.6 Å². The zero-order chi connectivity index (χ0) is 21.1. The minimum absolute atomic E-state index is 0.104. The number of rotatable bonds is 4. The van der Waals surface area contributed by atoms with Crippen molar-refractivity contribution in [1.29, 1.82) is 0 Å². The first-order valence-corrected chi connectivity index (χ1v) is 10.5. The first kappa shape index (κ1) is 20.1. The number of carbonyl (C=O) groups is 2. The van der Waals surface area contributed by atoms with E-state index >= 15 is 0 Å². The Kier molecular flexibility index (Phi) is 5.79. The summed E-state index contributed by atoms with van der Waals surface area (Å²) in [6, 6.07) is 9.67. The van der Waals surface area contributed by atoms with E-state index in [2.05, 4.69) is 20.3 Å². The fraction of sp³-hybridized carbons (Fsp3) is 0.391. The molecule has 0 bridgehead atoms. The number of nitrogens with zero attached hydrogens (tertiary/aromatic N) is 4. The number of amides is 2. The van der Waals surface area contributed by atoms with Gasteiger partial charge in [-0.05, 0) is 62.4 Å². The van der Waals surface area contributed by atoms with E-state index in [9.17, 15) is 9.59 Å². The van der Waals surface area contributed by atoms with Crippen molar-refractivity contribution >= 4 is 34.7 Å². The van der Waals surface area contributed by atoms with E-state index in [0.29, 0.717) is 17.8 Å². The van der Waals surface area contributed by atoms with Crippen LogP contribution >= 0.6 is 0 Å². The normalized spacial score (nSPS) is 17.0. The number of anilines is 3. The topological polar surface area (TPSA) is 77.9 Å². The van der Waals surface area contributed by atoms with Crippen molar-refractivity contribution in [3.63, 3.8) is 0 Å². The van der Waals surface area contributed by atoms with Gasteiger partial charge in [0.15, 0.2) is 0 Å². The maximum absolute atomic E-state index is 12.8. The molecule has 2 aromatic rings. The van der Waals surface area contributed by atoms with Crippen LogP contribution in [0.25, 0.3) is 0 Å². The number of pyridine rings is 1. The lowest BCUT2D eigenvalue weighted by atomic mass is 10.1. The number of benzene rings is 1. The highest BCUT2D eigenvalue weighted by Gasteiger charge is 2.26. The van der Waals surface area contributed by atoms with Gasteiger partial charge >= 0.3 is 0 Å². The van der Waals surface area contributed by atoms with Gasteiger partial charge in [-0.25, -0.2) is 9.99 Å². The molecular formula is C23H27N5O2. The molecule has 7 nitrogen and oxygen atoms in total. The molecule has 3 heterocycles. The summed E-state index contributed by atoms with van der Waals surface area (Å²) in [6.07, 6.45) is 5.91. The number of hydrazone groups is 1. The van der Waals surface area contributed by atoms with Gasteiger partial charge < -0.3 is 10.2 Å². The third-order valence-corrected chi connectivity index (χ3v) is 5.57. The van der Waals surface area contributed by atoms with Crippen LogP contribution in [0.3, 0.4) is 0 Å². The molecule has 1 aromatic heterocycles. The van der Waals surface area contributed by atoms with E-state index in [1.165, 1.54) is 24.3 Å². The third-order valence-electron chi connectivity index (χ3n) is 5.57. The van der Waals surface area contributed by atoms with Crippen LogP contribution in [0.15, 0.2) is 41.6 Å². The lowest BCUT2D eigenvalue weighted by molar-refractivity contribution is -0.118. The third kappa shape index (κ3) is 4.35. The molecular weight excluding hydrogens is 378 g/mol. The van der Waals surface area contributed by atoms with E-state index in [-0.39, 0.29) is 18.2 Å². The summed E-state index contributed by atoms with van der Waals surface area (Å²) in [5.41, 5.74) is 3.67. The molecule has 0 atom stereocenters. The lowest BCUT2D eigenvalue weighted by Crippen LogP contribution is -2.36. The van der Waals surface area contributed by atoms with Gasteiger partial charge in [-0.1, -0.05) is 12.1 Å². The molecule has 2 aliphatic rings. The number of aryl methyl sites for hydroxylation is 2. The quantitative estimate of drug-likeness (QED) is 0.839. The fourth-order valence-corrected chi connectivity index (χ4v) is 3.83. The van der Waals surface area contributed by atoms with Crippen molar-refractivity contribution < 1.29 is 9.59 Å². The molecule has 1 aromatic carbocycles. The molecule has 0 spiro atoms. The van der Waals surface area contributed by atoms with Crippen LogP contribution in [0, 0.1) is 13.8 Å². The Morgan fingerprint density at radius 2 is 1.83 bits per heavy atom. The van der Waals surface area contributed by atoms with Crippen LogP contribution < -0.4 is 15.2 Å². The van der Waals surface area contributed by atoms with Crippen molar-refractivity contribution in [1.82, 2.24) is 4.98 Å². The van der Waals surface area contributed by atoms with Crippen LogP contribution in [0.2, 0.25) is 0 Å². The zero-order valence-corrected chi connectivity index (χ0v) is 17.5. The van der Waals surface area contributed by atoms with Gasteiger partial charge in [0, 0.05) is 25.9 Å². The van der Waals surface area contributed by atoms with Crippen molar-refractivity contribution in [3.05, 3.63) is 47.7 Å². The summed E-state index contributed by atoms with van der Waals surface area (Å²) >= 11 is 0. The molecule has 1 fully saturated rings. The molecule has 0 unspecified atom stereocenters. The van der Waals surface area contributed by atoms with Gasteiger partial charge in [0.05, 0.1) is 17.6 Å².